The number of allylic oxidation sites excluding steroid dienone is 3. The standard InChI is InChI=1S/C26H27N3O8S/c1-17-8-10-22(11-9-17)38(35,36)27-15-24-18(2)6-4-3-5-7-23(24)25(27)16-37-26(30)19-12-20(28(31)32)14-21(13-19)29(33)34/h3-4,8-14,23,25H,5-7,15-16H2,1-2H3/b4-3-,24-18-/t23-,25+/m1/s1. The number of aryl methyl sites for hydroxylation is 1. The molecule has 1 heterocycles. The summed E-state index contributed by atoms with van der Waals surface area (Å²) in [5.41, 5.74) is 1.35. The van der Waals surface area contributed by atoms with Crippen LogP contribution in [0.4, 0.5) is 11.4 Å². The zero-order valence-electron chi connectivity index (χ0n) is 20.9. The molecule has 2 aromatic rings. The van der Waals surface area contributed by atoms with Gasteiger partial charge in [0.25, 0.3) is 11.4 Å². The molecule has 2 aromatic carbocycles. The molecule has 1 fully saturated rings. The van der Waals surface area contributed by atoms with E-state index in [0.29, 0.717) is 12.8 Å². The third kappa shape index (κ3) is 5.50. The van der Waals surface area contributed by atoms with Crippen molar-refractivity contribution in [1.29, 1.82) is 0 Å². The monoisotopic (exact) mass is 541 g/mol. The molecule has 1 saturated heterocycles. The fraction of sp³-hybridized carbons (Fsp3) is 0.346. The first-order valence-corrected chi connectivity index (χ1v) is 13.5. The molecule has 200 valence electrons. The van der Waals surface area contributed by atoms with Crippen LogP contribution in [0.1, 0.15) is 42.1 Å². The van der Waals surface area contributed by atoms with E-state index >= 15 is 0 Å². The summed E-state index contributed by atoms with van der Waals surface area (Å²) in [5, 5.41) is 22.4. The Bertz CT molecular complexity index is 1420. The van der Waals surface area contributed by atoms with E-state index in [-0.39, 0.29) is 29.5 Å². The van der Waals surface area contributed by atoms with Gasteiger partial charge in [0, 0.05) is 24.6 Å². The Hall–Kier alpha value is -3.90. The summed E-state index contributed by atoms with van der Waals surface area (Å²) >= 11 is 0. The van der Waals surface area contributed by atoms with Crippen molar-refractivity contribution in [2.45, 2.75) is 44.0 Å². The Morgan fingerprint density at radius 3 is 2.26 bits per heavy atom. The number of nitro benzene ring substituents is 2. The van der Waals surface area contributed by atoms with Gasteiger partial charge in [0.2, 0.25) is 10.0 Å². The van der Waals surface area contributed by atoms with Crippen molar-refractivity contribution in [2.24, 2.45) is 5.92 Å². The van der Waals surface area contributed by atoms with Crippen molar-refractivity contribution in [1.82, 2.24) is 4.31 Å². The van der Waals surface area contributed by atoms with Gasteiger partial charge in [0.15, 0.2) is 0 Å². The minimum Gasteiger partial charge on any atom is -0.460 e. The van der Waals surface area contributed by atoms with Crippen LogP contribution in [0.15, 0.2) is 70.7 Å². The number of carbonyl (C=O) groups excluding carboxylic acids is 1. The fourth-order valence-corrected chi connectivity index (χ4v) is 6.54. The molecule has 2 aliphatic rings. The van der Waals surface area contributed by atoms with Crippen LogP contribution in [0.2, 0.25) is 0 Å². The van der Waals surface area contributed by atoms with Gasteiger partial charge in [-0.3, -0.25) is 20.2 Å². The molecule has 0 radical (unpaired) electrons. The van der Waals surface area contributed by atoms with E-state index in [1.165, 1.54) is 4.31 Å². The maximum atomic E-state index is 13.7. The third-order valence-corrected chi connectivity index (χ3v) is 8.85. The van der Waals surface area contributed by atoms with Gasteiger partial charge in [-0.05, 0) is 45.2 Å². The molecule has 0 N–H and O–H groups in total. The molecule has 4 rings (SSSR count). The van der Waals surface area contributed by atoms with E-state index in [2.05, 4.69) is 6.08 Å². The molecule has 0 unspecified atom stereocenters. The lowest BCUT2D eigenvalue weighted by Gasteiger charge is -2.27. The SMILES string of the molecule is C/C1=C2\CN(S(=O)(=O)c3ccc(C)cc3)[C@@H](COC(=O)c3cc([N+](=O)[O-])cc([N+](=O)[O-])c3)[C@@H]2CC/C=C\C1. The smallest absolute Gasteiger partial charge is 0.338 e. The van der Waals surface area contributed by atoms with Crippen LogP contribution < -0.4 is 0 Å². The van der Waals surface area contributed by atoms with Crippen molar-refractivity contribution in [3.63, 3.8) is 0 Å². The zero-order valence-corrected chi connectivity index (χ0v) is 21.7. The topological polar surface area (TPSA) is 150 Å². The first-order chi connectivity index (χ1) is 18.0. The van der Waals surface area contributed by atoms with Crippen LogP contribution in [-0.2, 0) is 14.8 Å². The molecule has 0 bridgehead atoms. The Balaban J connectivity index is 1.67. The number of esters is 1. The quantitative estimate of drug-likeness (QED) is 0.212. The number of nitrogens with zero attached hydrogens (tertiary/aromatic N) is 3. The first-order valence-electron chi connectivity index (χ1n) is 12.0. The molecular formula is C26H27N3O8S. The Labute approximate surface area is 219 Å². The van der Waals surface area contributed by atoms with Crippen LogP contribution in [0.3, 0.4) is 0 Å². The summed E-state index contributed by atoms with van der Waals surface area (Å²) in [6.07, 6.45) is 6.16. The largest absolute Gasteiger partial charge is 0.460 e. The fourth-order valence-electron chi connectivity index (χ4n) is 4.91. The molecule has 38 heavy (non-hydrogen) atoms. The average Bonchev–Trinajstić information content (AvgIpc) is 3.24. The highest BCUT2D eigenvalue weighted by atomic mass is 32.2. The van der Waals surface area contributed by atoms with Gasteiger partial charge in [0.1, 0.15) is 6.61 Å². The number of rotatable bonds is 7. The molecular weight excluding hydrogens is 514 g/mol. The summed E-state index contributed by atoms with van der Waals surface area (Å²) in [5.74, 6) is -1.21. The maximum absolute atomic E-state index is 13.7. The lowest BCUT2D eigenvalue weighted by Crippen LogP contribution is -2.41. The second-order valence-electron chi connectivity index (χ2n) is 9.45. The molecule has 12 heteroatoms. The van der Waals surface area contributed by atoms with Crippen molar-refractivity contribution in [3.05, 3.63) is 97.1 Å². The maximum Gasteiger partial charge on any atom is 0.338 e. The lowest BCUT2D eigenvalue weighted by atomic mass is 9.86. The number of ether oxygens (including phenoxy) is 1. The number of benzene rings is 2. The van der Waals surface area contributed by atoms with Gasteiger partial charge in [-0.25, -0.2) is 13.2 Å². The normalized spacial score (nSPS) is 22.7. The highest BCUT2D eigenvalue weighted by Crippen LogP contribution is 2.40. The van der Waals surface area contributed by atoms with E-state index in [1.807, 2.05) is 19.9 Å². The molecule has 1 aliphatic carbocycles. The number of carbonyl (C=O) groups is 1. The number of hydrogen-bond donors (Lipinski definition) is 0. The Morgan fingerprint density at radius 1 is 1.03 bits per heavy atom. The van der Waals surface area contributed by atoms with Gasteiger partial charge in [-0.2, -0.15) is 4.31 Å². The van der Waals surface area contributed by atoms with Crippen LogP contribution in [0.5, 0.6) is 0 Å². The van der Waals surface area contributed by atoms with Gasteiger partial charge in [-0.15, -0.1) is 0 Å². The van der Waals surface area contributed by atoms with Crippen LogP contribution in [0.25, 0.3) is 0 Å². The van der Waals surface area contributed by atoms with Crippen LogP contribution >= 0.6 is 0 Å². The van der Waals surface area contributed by atoms with E-state index in [0.717, 1.165) is 41.3 Å². The summed E-state index contributed by atoms with van der Waals surface area (Å²) in [4.78, 5) is 33.8. The average molecular weight is 542 g/mol. The summed E-state index contributed by atoms with van der Waals surface area (Å²) in [7, 11) is -3.95. The number of hydrogen-bond acceptors (Lipinski definition) is 8. The third-order valence-electron chi connectivity index (χ3n) is 6.96. The number of sulfonamides is 1. The molecule has 1 aliphatic heterocycles. The first kappa shape index (κ1) is 27.1. The minimum atomic E-state index is -3.95. The van der Waals surface area contributed by atoms with Crippen molar-refractivity contribution in [2.75, 3.05) is 13.2 Å². The van der Waals surface area contributed by atoms with Crippen molar-refractivity contribution >= 4 is 27.4 Å². The molecule has 0 saturated carbocycles. The number of nitro groups is 2. The highest BCUT2D eigenvalue weighted by molar-refractivity contribution is 7.89. The van der Waals surface area contributed by atoms with Gasteiger partial charge >= 0.3 is 5.97 Å². The summed E-state index contributed by atoms with van der Waals surface area (Å²) in [6.45, 7) is 3.66. The van der Waals surface area contributed by atoms with E-state index in [9.17, 15) is 33.4 Å². The number of non-ortho nitro benzene ring substituents is 2. The Kier molecular flexibility index (Phi) is 7.74. The highest BCUT2D eigenvalue weighted by Gasteiger charge is 2.45. The molecule has 0 amide bonds. The second kappa shape index (κ2) is 10.8. The van der Waals surface area contributed by atoms with Crippen molar-refractivity contribution < 1.29 is 27.8 Å². The minimum absolute atomic E-state index is 0.124. The van der Waals surface area contributed by atoms with Crippen molar-refractivity contribution in [3.8, 4) is 0 Å². The Morgan fingerprint density at radius 2 is 1.66 bits per heavy atom. The van der Waals surface area contributed by atoms with Crippen LogP contribution in [0, 0.1) is 33.1 Å². The molecule has 2 atom stereocenters. The zero-order chi connectivity index (χ0) is 27.6. The number of fused-ring (bicyclic) bond motifs is 1. The van der Waals surface area contributed by atoms with E-state index < -0.39 is 43.3 Å². The predicted molar refractivity (Wildman–Crippen MR) is 138 cm³/mol. The summed E-state index contributed by atoms with van der Waals surface area (Å²) in [6, 6.07) is 8.36. The van der Waals surface area contributed by atoms with Gasteiger partial charge < -0.3 is 4.74 Å². The van der Waals surface area contributed by atoms with E-state index in [1.54, 1.807) is 24.3 Å². The van der Waals surface area contributed by atoms with E-state index in [4.69, 9.17) is 4.74 Å². The molecule has 0 aromatic heterocycles. The van der Waals surface area contributed by atoms with Gasteiger partial charge in [-0.1, -0.05) is 41.0 Å². The van der Waals surface area contributed by atoms with Crippen LogP contribution in [-0.4, -0.2) is 47.7 Å². The predicted octanol–water partition coefficient (Wildman–Crippen LogP) is 4.71. The lowest BCUT2D eigenvalue weighted by molar-refractivity contribution is -0.394. The molecule has 0 spiro atoms. The molecule has 11 nitrogen and oxygen atoms in total. The van der Waals surface area contributed by atoms with Gasteiger partial charge in [0.05, 0.1) is 32.4 Å². The summed E-state index contributed by atoms with van der Waals surface area (Å²) < 4.78 is 34.3. The second-order valence-corrected chi connectivity index (χ2v) is 11.3.